The maximum atomic E-state index is 12.5. The molecule has 0 unspecified atom stereocenters. The van der Waals surface area contributed by atoms with Crippen molar-refractivity contribution in [2.24, 2.45) is 5.16 Å². The number of halogens is 3. The van der Waals surface area contributed by atoms with E-state index in [0.717, 1.165) is 36.1 Å². The summed E-state index contributed by atoms with van der Waals surface area (Å²) in [5.41, 5.74) is 1.89. The second-order valence-corrected chi connectivity index (χ2v) is 6.43. The first-order valence-electron chi connectivity index (χ1n) is 9.00. The number of carbonyl (C=O) groups is 1. The minimum Gasteiger partial charge on any atom is -0.482 e. The Hall–Kier alpha value is -3.03. The van der Waals surface area contributed by atoms with Crippen molar-refractivity contribution in [3.63, 3.8) is 0 Å². The predicted octanol–water partition coefficient (Wildman–Crippen LogP) is 5.00. The molecule has 0 radical (unpaired) electrons. The number of oxime groups is 1. The maximum Gasteiger partial charge on any atom is 0.416 e. The van der Waals surface area contributed by atoms with Gasteiger partial charge in [0, 0.05) is 6.21 Å². The number of aliphatic carboxylic acids is 1. The number of ether oxygens (including phenoxy) is 1. The number of nitrogens with zero attached hydrogens (tertiary/aromatic N) is 1. The SMILES string of the molecule is Cc1cc(CCCC=NOCc2ccc(C(F)(F)F)cc2)ccc1OCC(=O)O. The highest BCUT2D eigenvalue weighted by Crippen LogP contribution is 2.29. The molecule has 29 heavy (non-hydrogen) atoms. The Morgan fingerprint density at radius 2 is 1.83 bits per heavy atom. The predicted molar refractivity (Wildman–Crippen MR) is 102 cm³/mol. The van der Waals surface area contributed by atoms with Crippen molar-refractivity contribution in [3.8, 4) is 5.75 Å². The van der Waals surface area contributed by atoms with Crippen LogP contribution >= 0.6 is 0 Å². The number of rotatable bonds is 10. The number of alkyl halides is 3. The van der Waals surface area contributed by atoms with Crippen LogP contribution in [0.2, 0.25) is 0 Å². The lowest BCUT2D eigenvalue weighted by molar-refractivity contribution is -0.139. The van der Waals surface area contributed by atoms with E-state index >= 15 is 0 Å². The van der Waals surface area contributed by atoms with Crippen LogP contribution in [-0.4, -0.2) is 23.9 Å². The van der Waals surface area contributed by atoms with Crippen molar-refractivity contribution in [3.05, 3.63) is 64.7 Å². The number of aryl methyl sites for hydroxylation is 2. The number of carboxylic acids is 1. The van der Waals surface area contributed by atoms with Crippen molar-refractivity contribution in [1.29, 1.82) is 0 Å². The molecule has 2 aromatic carbocycles. The standard InChI is InChI=1S/C21H22F3NO4/c1-15-12-16(7-10-19(15)28-14-20(26)27)4-2-3-11-25-29-13-17-5-8-18(9-6-17)21(22,23)24/h5-12H,2-4,13-14H2,1H3,(H,26,27). The molecule has 156 valence electrons. The van der Waals surface area contributed by atoms with Crippen molar-refractivity contribution in [2.45, 2.75) is 39.0 Å². The molecule has 0 fully saturated rings. The van der Waals surface area contributed by atoms with Crippen LogP contribution in [0.25, 0.3) is 0 Å². The van der Waals surface area contributed by atoms with E-state index in [1.165, 1.54) is 12.1 Å². The van der Waals surface area contributed by atoms with Gasteiger partial charge in [-0.3, -0.25) is 0 Å². The monoisotopic (exact) mass is 409 g/mol. The first-order valence-corrected chi connectivity index (χ1v) is 9.00. The molecule has 0 bridgehead atoms. The van der Waals surface area contributed by atoms with Crippen LogP contribution in [0.4, 0.5) is 13.2 Å². The second-order valence-electron chi connectivity index (χ2n) is 6.43. The zero-order chi connectivity index (χ0) is 21.3. The molecule has 0 spiro atoms. The van der Waals surface area contributed by atoms with Crippen molar-refractivity contribution < 1.29 is 32.6 Å². The van der Waals surface area contributed by atoms with Gasteiger partial charge in [0.25, 0.3) is 0 Å². The smallest absolute Gasteiger partial charge is 0.416 e. The highest BCUT2D eigenvalue weighted by molar-refractivity contribution is 5.68. The van der Waals surface area contributed by atoms with Gasteiger partial charge in [-0.15, -0.1) is 0 Å². The second kappa shape index (κ2) is 10.5. The fourth-order valence-electron chi connectivity index (χ4n) is 2.57. The quantitative estimate of drug-likeness (QED) is 0.341. The van der Waals surface area contributed by atoms with Gasteiger partial charge in [0.2, 0.25) is 0 Å². The Bertz CT molecular complexity index is 833. The van der Waals surface area contributed by atoms with E-state index in [0.29, 0.717) is 17.7 Å². The van der Waals surface area contributed by atoms with Crippen molar-refractivity contribution >= 4 is 12.2 Å². The van der Waals surface area contributed by atoms with Gasteiger partial charge in [-0.05, 0) is 61.1 Å². The summed E-state index contributed by atoms with van der Waals surface area (Å²) in [4.78, 5) is 15.6. The number of carboxylic acid groups (broad SMARTS) is 1. The third-order valence-electron chi connectivity index (χ3n) is 4.05. The Labute approximate surface area is 166 Å². The Kier molecular flexibility index (Phi) is 8.06. The minimum absolute atomic E-state index is 0.103. The molecule has 1 N–H and O–H groups in total. The molecule has 0 amide bonds. The van der Waals surface area contributed by atoms with Gasteiger partial charge >= 0.3 is 12.1 Å². The zero-order valence-corrected chi connectivity index (χ0v) is 15.9. The van der Waals surface area contributed by atoms with E-state index in [-0.39, 0.29) is 13.2 Å². The first-order chi connectivity index (χ1) is 13.8. The van der Waals surface area contributed by atoms with Crippen molar-refractivity contribution in [1.82, 2.24) is 0 Å². The lowest BCUT2D eigenvalue weighted by atomic mass is 10.1. The molecule has 8 heteroatoms. The summed E-state index contributed by atoms with van der Waals surface area (Å²) in [5, 5.41) is 12.5. The first kappa shape index (κ1) is 22.3. The number of hydrogen-bond acceptors (Lipinski definition) is 4. The molecular formula is C21H22F3NO4. The van der Waals surface area contributed by atoms with Gasteiger partial charge in [-0.25, -0.2) is 4.79 Å². The highest BCUT2D eigenvalue weighted by atomic mass is 19.4. The van der Waals surface area contributed by atoms with Crippen LogP contribution in [0.15, 0.2) is 47.6 Å². The number of hydrogen-bond donors (Lipinski definition) is 1. The van der Waals surface area contributed by atoms with Crippen LogP contribution in [0, 0.1) is 6.92 Å². The molecule has 0 atom stereocenters. The van der Waals surface area contributed by atoms with Gasteiger partial charge in [-0.1, -0.05) is 29.4 Å². The van der Waals surface area contributed by atoms with Gasteiger partial charge in [0.05, 0.1) is 5.56 Å². The largest absolute Gasteiger partial charge is 0.482 e. The molecule has 0 aliphatic heterocycles. The summed E-state index contributed by atoms with van der Waals surface area (Å²) in [6, 6.07) is 10.4. The number of unbranched alkanes of at least 4 members (excludes halogenated alkanes) is 1. The van der Waals surface area contributed by atoms with Crippen LogP contribution in [0.1, 0.15) is 35.1 Å². The third-order valence-corrected chi connectivity index (χ3v) is 4.05. The summed E-state index contributed by atoms with van der Waals surface area (Å²) in [6.07, 6.45) is -0.389. The molecule has 0 saturated heterocycles. The molecule has 0 aliphatic rings. The molecule has 0 aliphatic carbocycles. The average molecular weight is 409 g/mol. The summed E-state index contributed by atoms with van der Waals surface area (Å²) >= 11 is 0. The van der Waals surface area contributed by atoms with Crippen LogP contribution < -0.4 is 4.74 Å². The summed E-state index contributed by atoms with van der Waals surface area (Å²) in [7, 11) is 0. The maximum absolute atomic E-state index is 12.5. The van der Waals surface area contributed by atoms with E-state index in [1.807, 2.05) is 19.1 Å². The minimum atomic E-state index is -4.35. The zero-order valence-electron chi connectivity index (χ0n) is 15.9. The fraction of sp³-hybridized carbons (Fsp3) is 0.333. The van der Waals surface area contributed by atoms with Crippen LogP contribution in [-0.2, 0) is 28.8 Å². The van der Waals surface area contributed by atoms with Gasteiger partial charge in [-0.2, -0.15) is 13.2 Å². The lowest BCUT2D eigenvalue weighted by Crippen LogP contribution is -2.10. The van der Waals surface area contributed by atoms with E-state index in [9.17, 15) is 18.0 Å². The highest BCUT2D eigenvalue weighted by Gasteiger charge is 2.29. The lowest BCUT2D eigenvalue weighted by Gasteiger charge is -2.08. The Morgan fingerprint density at radius 3 is 2.45 bits per heavy atom. The van der Waals surface area contributed by atoms with Gasteiger partial charge in [0.1, 0.15) is 12.4 Å². The summed E-state index contributed by atoms with van der Waals surface area (Å²) in [6.45, 7) is 1.59. The molecule has 0 heterocycles. The van der Waals surface area contributed by atoms with Crippen LogP contribution in [0.5, 0.6) is 5.75 Å². The summed E-state index contributed by atoms with van der Waals surface area (Å²) < 4.78 is 42.7. The molecule has 0 aromatic heterocycles. The van der Waals surface area contributed by atoms with Crippen LogP contribution in [0.3, 0.4) is 0 Å². The van der Waals surface area contributed by atoms with Gasteiger partial charge < -0.3 is 14.7 Å². The van der Waals surface area contributed by atoms with E-state index in [2.05, 4.69) is 5.16 Å². The topological polar surface area (TPSA) is 68.1 Å². The molecular weight excluding hydrogens is 387 g/mol. The third kappa shape index (κ3) is 7.85. The number of benzene rings is 2. The molecule has 0 saturated carbocycles. The van der Waals surface area contributed by atoms with Crippen molar-refractivity contribution in [2.75, 3.05) is 6.61 Å². The van der Waals surface area contributed by atoms with E-state index < -0.39 is 17.7 Å². The molecule has 5 nitrogen and oxygen atoms in total. The van der Waals surface area contributed by atoms with E-state index in [4.69, 9.17) is 14.7 Å². The summed E-state index contributed by atoms with van der Waals surface area (Å²) in [5.74, 6) is -0.470. The van der Waals surface area contributed by atoms with Gasteiger partial charge in [0.15, 0.2) is 6.61 Å². The molecule has 2 aromatic rings. The fourth-order valence-corrected chi connectivity index (χ4v) is 2.57. The average Bonchev–Trinajstić information content (AvgIpc) is 2.66. The van der Waals surface area contributed by atoms with E-state index in [1.54, 1.807) is 12.3 Å². The Balaban J connectivity index is 1.68. The molecule has 2 rings (SSSR count). The normalized spacial score (nSPS) is 11.6. The Morgan fingerprint density at radius 1 is 1.14 bits per heavy atom.